The van der Waals surface area contributed by atoms with Gasteiger partial charge >= 0.3 is 0 Å². The summed E-state index contributed by atoms with van der Waals surface area (Å²) in [5, 5.41) is 3.56. The molecule has 82 valence electrons. The van der Waals surface area contributed by atoms with Gasteiger partial charge in [-0.3, -0.25) is 9.79 Å². The zero-order valence-corrected chi connectivity index (χ0v) is 9.42. The molecule has 0 saturated heterocycles. The van der Waals surface area contributed by atoms with Gasteiger partial charge in [0.15, 0.2) is 0 Å². The fourth-order valence-corrected chi connectivity index (χ4v) is 2.49. The van der Waals surface area contributed by atoms with E-state index in [0.717, 1.165) is 36.3 Å². The maximum absolute atomic E-state index is 11.9. The van der Waals surface area contributed by atoms with Crippen LogP contribution in [0, 0.1) is 5.92 Å². The molecule has 3 nitrogen and oxygen atoms in total. The highest BCUT2D eigenvalue weighted by Gasteiger charge is 2.31. The molecule has 1 N–H and O–H groups in total. The van der Waals surface area contributed by atoms with Crippen molar-refractivity contribution in [1.82, 2.24) is 0 Å². The van der Waals surface area contributed by atoms with Crippen molar-refractivity contribution < 1.29 is 4.79 Å². The van der Waals surface area contributed by atoms with Crippen LogP contribution < -0.4 is 5.32 Å². The normalized spacial score (nSPS) is 22.9. The number of aliphatic imine (C=N–C) groups is 1. The molecule has 1 aliphatic heterocycles. The number of carbonyl (C=O) groups excluding carboxylic acids is 1. The summed E-state index contributed by atoms with van der Waals surface area (Å²) in [5.74, 6) is 0.0310. The van der Waals surface area contributed by atoms with Crippen LogP contribution in [-0.4, -0.2) is 11.6 Å². The molecule has 2 aliphatic rings. The quantitative estimate of drug-likeness (QED) is 0.736. The Bertz CT molecular complexity index is 496. The monoisotopic (exact) mass is 234 g/mol. The van der Waals surface area contributed by atoms with E-state index in [-0.39, 0.29) is 11.8 Å². The first-order valence-corrected chi connectivity index (χ1v) is 5.80. The van der Waals surface area contributed by atoms with Crippen LogP contribution in [0.1, 0.15) is 19.3 Å². The van der Waals surface area contributed by atoms with E-state index < -0.39 is 0 Å². The lowest BCUT2D eigenvalue weighted by atomic mass is 10.1. The molecule has 0 bridgehead atoms. The number of carbonyl (C=O) groups is 1. The molecule has 0 spiro atoms. The van der Waals surface area contributed by atoms with Gasteiger partial charge in [0.05, 0.1) is 17.3 Å². The van der Waals surface area contributed by atoms with Gasteiger partial charge in [-0.15, -0.1) is 0 Å². The summed E-state index contributed by atoms with van der Waals surface area (Å²) in [6.07, 6.45) is 2.88. The summed E-state index contributed by atoms with van der Waals surface area (Å²) < 4.78 is 0. The zero-order chi connectivity index (χ0) is 11.1. The van der Waals surface area contributed by atoms with Gasteiger partial charge in [0.1, 0.15) is 0 Å². The predicted molar refractivity (Wildman–Crippen MR) is 64.5 cm³/mol. The van der Waals surface area contributed by atoms with Crippen LogP contribution >= 0.6 is 11.6 Å². The Balaban J connectivity index is 2.14. The number of benzene rings is 1. The number of hydrogen-bond donors (Lipinski definition) is 1. The molecular formula is C12H11ClN2O. The molecule has 1 heterocycles. The SMILES string of the molecule is O=C1Nc2ccc(Cl)cc2N=C2CCCC12. The van der Waals surface area contributed by atoms with E-state index in [9.17, 15) is 4.79 Å². The molecule has 1 unspecified atom stereocenters. The van der Waals surface area contributed by atoms with Gasteiger partial charge in [-0.05, 0) is 37.5 Å². The largest absolute Gasteiger partial charge is 0.324 e. The minimum Gasteiger partial charge on any atom is -0.324 e. The number of nitrogens with zero attached hydrogens (tertiary/aromatic N) is 1. The van der Waals surface area contributed by atoms with Gasteiger partial charge in [-0.2, -0.15) is 0 Å². The molecule has 1 atom stereocenters. The summed E-state index contributed by atoms with van der Waals surface area (Å²) in [7, 11) is 0. The lowest BCUT2D eigenvalue weighted by Gasteiger charge is -2.07. The first kappa shape index (κ1) is 9.85. The lowest BCUT2D eigenvalue weighted by molar-refractivity contribution is -0.117. The minimum absolute atomic E-state index is 0.0359. The summed E-state index contributed by atoms with van der Waals surface area (Å²) in [5.41, 5.74) is 2.54. The molecule has 1 fully saturated rings. The van der Waals surface area contributed by atoms with Gasteiger partial charge in [0.25, 0.3) is 0 Å². The predicted octanol–water partition coefficient (Wildman–Crippen LogP) is 3.16. The van der Waals surface area contributed by atoms with E-state index in [0.29, 0.717) is 5.02 Å². The Morgan fingerprint density at radius 2 is 2.31 bits per heavy atom. The first-order chi connectivity index (χ1) is 7.74. The summed E-state index contributed by atoms with van der Waals surface area (Å²) in [6, 6.07) is 5.37. The van der Waals surface area contributed by atoms with Gasteiger partial charge in [-0.25, -0.2) is 0 Å². The maximum atomic E-state index is 11.9. The molecule has 1 amide bonds. The molecule has 3 rings (SSSR count). The fraction of sp³-hybridized carbons (Fsp3) is 0.333. The Labute approximate surface area is 98.5 Å². The van der Waals surface area contributed by atoms with Crippen molar-refractivity contribution in [3.05, 3.63) is 23.2 Å². The van der Waals surface area contributed by atoms with E-state index in [4.69, 9.17) is 11.6 Å². The third kappa shape index (κ3) is 1.52. The van der Waals surface area contributed by atoms with Crippen LogP contribution in [-0.2, 0) is 4.79 Å². The average molecular weight is 235 g/mol. The van der Waals surface area contributed by atoms with Crippen molar-refractivity contribution in [3.8, 4) is 0 Å². The standard InChI is InChI=1S/C12H11ClN2O/c13-7-4-5-10-11(6-7)14-9-3-1-2-8(9)12(16)15-10/h4-6,8H,1-3H2,(H,15,16). The van der Waals surface area contributed by atoms with Gasteiger partial charge in [0, 0.05) is 10.7 Å². The number of hydrogen-bond acceptors (Lipinski definition) is 2. The smallest absolute Gasteiger partial charge is 0.233 e. The topological polar surface area (TPSA) is 41.5 Å². The molecule has 1 aromatic carbocycles. The van der Waals surface area contributed by atoms with Crippen LogP contribution in [0.3, 0.4) is 0 Å². The van der Waals surface area contributed by atoms with E-state index in [1.165, 1.54) is 0 Å². The van der Waals surface area contributed by atoms with E-state index in [1.54, 1.807) is 18.2 Å². The number of anilines is 1. The molecule has 1 aliphatic carbocycles. The molecular weight excluding hydrogens is 224 g/mol. The van der Waals surface area contributed by atoms with Crippen LogP contribution in [0.25, 0.3) is 0 Å². The average Bonchev–Trinajstić information content (AvgIpc) is 2.65. The van der Waals surface area contributed by atoms with Crippen LogP contribution in [0.4, 0.5) is 11.4 Å². The number of amides is 1. The number of nitrogens with one attached hydrogen (secondary N) is 1. The number of halogens is 1. The molecule has 1 aromatic rings. The molecule has 0 aromatic heterocycles. The Hall–Kier alpha value is -1.35. The second kappa shape index (κ2) is 3.59. The molecule has 1 saturated carbocycles. The minimum atomic E-state index is -0.0359. The Kier molecular flexibility index (Phi) is 2.21. The molecule has 4 heteroatoms. The van der Waals surface area contributed by atoms with Crippen molar-refractivity contribution in [1.29, 1.82) is 0 Å². The maximum Gasteiger partial charge on any atom is 0.233 e. The van der Waals surface area contributed by atoms with Crippen LogP contribution in [0.5, 0.6) is 0 Å². The van der Waals surface area contributed by atoms with Gasteiger partial charge in [-0.1, -0.05) is 11.6 Å². The summed E-state index contributed by atoms with van der Waals surface area (Å²) >= 11 is 5.93. The van der Waals surface area contributed by atoms with Crippen molar-refractivity contribution in [3.63, 3.8) is 0 Å². The Morgan fingerprint density at radius 3 is 3.19 bits per heavy atom. The molecule has 0 radical (unpaired) electrons. The lowest BCUT2D eigenvalue weighted by Crippen LogP contribution is -2.24. The highest BCUT2D eigenvalue weighted by Crippen LogP contribution is 2.35. The first-order valence-electron chi connectivity index (χ1n) is 5.42. The number of fused-ring (bicyclic) bond motifs is 2. The van der Waals surface area contributed by atoms with Crippen LogP contribution in [0.2, 0.25) is 5.02 Å². The zero-order valence-electron chi connectivity index (χ0n) is 8.66. The van der Waals surface area contributed by atoms with E-state index in [2.05, 4.69) is 10.3 Å². The highest BCUT2D eigenvalue weighted by molar-refractivity contribution is 6.31. The fourth-order valence-electron chi connectivity index (χ4n) is 2.32. The van der Waals surface area contributed by atoms with Crippen molar-refractivity contribution in [2.24, 2.45) is 10.9 Å². The highest BCUT2D eigenvalue weighted by atomic mass is 35.5. The van der Waals surface area contributed by atoms with E-state index >= 15 is 0 Å². The third-order valence-corrected chi connectivity index (χ3v) is 3.36. The Morgan fingerprint density at radius 1 is 1.44 bits per heavy atom. The summed E-state index contributed by atoms with van der Waals surface area (Å²) in [4.78, 5) is 16.5. The second-order valence-electron chi connectivity index (χ2n) is 4.20. The van der Waals surface area contributed by atoms with Crippen molar-refractivity contribution >= 4 is 34.6 Å². The molecule has 16 heavy (non-hydrogen) atoms. The van der Waals surface area contributed by atoms with E-state index in [1.807, 2.05) is 0 Å². The number of rotatable bonds is 0. The van der Waals surface area contributed by atoms with Crippen molar-refractivity contribution in [2.45, 2.75) is 19.3 Å². The van der Waals surface area contributed by atoms with Crippen LogP contribution in [0.15, 0.2) is 23.2 Å². The van der Waals surface area contributed by atoms with Crippen molar-refractivity contribution in [2.75, 3.05) is 5.32 Å². The van der Waals surface area contributed by atoms with Gasteiger partial charge in [0.2, 0.25) is 5.91 Å². The van der Waals surface area contributed by atoms with Gasteiger partial charge < -0.3 is 5.32 Å². The third-order valence-electron chi connectivity index (χ3n) is 3.13. The summed E-state index contributed by atoms with van der Waals surface area (Å²) in [6.45, 7) is 0. The second-order valence-corrected chi connectivity index (χ2v) is 4.64.